The van der Waals surface area contributed by atoms with Crippen LogP contribution in [-0.4, -0.2) is 20.4 Å². The monoisotopic (exact) mass is 284 g/mol. The van der Waals surface area contributed by atoms with E-state index in [4.69, 9.17) is 10.5 Å². The van der Waals surface area contributed by atoms with E-state index in [0.717, 1.165) is 6.26 Å². The minimum Gasteiger partial charge on any atom is -0.271 e. The first-order valence-corrected chi connectivity index (χ1v) is 6.51. The smallest absolute Gasteiger partial charge is 0.237 e. The summed E-state index contributed by atoms with van der Waals surface area (Å²) in [5.41, 5.74) is 0.472. The molecule has 0 amide bonds. The van der Waals surface area contributed by atoms with Gasteiger partial charge in [-0.05, 0) is 12.1 Å². The van der Waals surface area contributed by atoms with Crippen molar-refractivity contribution in [2.24, 2.45) is 5.10 Å². The lowest BCUT2D eigenvalue weighted by atomic mass is 10.3. The number of benzene rings is 1. The number of sulfone groups is 1. The highest BCUT2D eigenvalue weighted by Crippen LogP contribution is 2.23. The van der Waals surface area contributed by atoms with Crippen molar-refractivity contribution in [3.63, 3.8) is 0 Å². The second kappa shape index (κ2) is 5.42. The Labute approximate surface area is 107 Å². The van der Waals surface area contributed by atoms with Gasteiger partial charge in [-0.15, -0.1) is 0 Å². The van der Waals surface area contributed by atoms with Crippen LogP contribution in [0.25, 0.3) is 0 Å². The van der Waals surface area contributed by atoms with Gasteiger partial charge in [0, 0.05) is 6.26 Å². The van der Waals surface area contributed by atoms with Gasteiger partial charge in [-0.25, -0.2) is 17.2 Å². The minimum atomic E-state index is -3.75. The summed E-state index contributed by atoms with van der Waals surface area (Å²) in [6.45, 7) is 0. The van der Waals surface area contributed by atoms with E-state index in [1.165, 1.54) is 12.1 Å². The Kier molecular flexibility index (Phi) is 4.14. The first-order chi connectivity index (χ1) is 8.79. The summed E-state index contributed by atoms with van der Waals surface area (Å²) in [6, 6.07) is 3.98. The van der Waals surface area contributed by atoms with Crippen molar-refractivity contribution in [2.75, 3.05) is 11.7 Å². The van der Waals surface area contributed by atoms with Crippen LogP contribution in [0.1, 0.15) is 0 Å². The van der Waals surface area contributed by atoms with Crippen molar-refractivity contribution < 1.29 is 17.2 Å². The molecule has 1 aromatic rings. The molecule has 1 rings (SSSR count). The number of nitriles is 2. The fourth-order valence-corrected chi connectivity index (χ4v) is 1.69. The van der Waals surface area contributed by atoms with Crippen molar-refractivity contribution >= 4 is 21.2 Å². The molecule has 0 aliphatic carbocycles. The van der Waals surface area contributed by atoms with E-state index >= 15 is 0 Å². The van der Waals surface area contributed by atoms with Gasteiger partial charge in [-0.1, -0.05) is 0 Å². The van der Waals surface area contributed by atoms with E-state index in [0.29, 0.717) is 12.1 Å². The molecule has 0 unspecified atom stereocenters. The second-order valence-corrected chi connectivity index (χ2v) is 5.35. The van der Waals surface area contributed by atoms with Crippen LogP contribution in [0.3, 0.4) is 0 Å². The zero-order valence-electron chi connectivity index (χ0n) is 9.48. The molecule has 0 aliphatic heterocycles. The number of halogens is 2. The fourth-order valence-electron chi connectivity index (χ4n) is 1.06. The van der Waals surface area contributed by atoms with E-state index < -0.39 is 37.8 Å². The van der Waals surface area contributed by atoms with Crippen LogP contribution in [0.5, 0.6) is 0 Å². The molecule has 0 fully saturated rings. The van der Waals surface area contributed by atoms with Gasteiger partial charge >= 0.3 is 0 Å². The number of hydrogen-bond acceptors (Lipinski definition) is 6. The van der Waals surface area contributed by atoms with Gasteiger partial charge in [-0.3, -0.25) is 5.43 Å². The van der Waals surface area contributed by atoms with E-state index in [9.17, 15) is 17.2 Å². The third-order valence-electron chi connectivity index (χ3n) is 1.94. The Bertz CT molecular complexity index is 690. The van der Waals surface area contributed by atoms with Crippen molar-refractivity contribution in [1.29, 1.82) is 10.5 Å². The van der Waals surface area contributed by atoms with Crippen molar-refractivity contribution in [1.82, 2.24) is 0 Å². The number of anilines is 1. The molecule has 9 heteroatoms. The zero-order valence-corrected chi connectivity index (χ0v) is 10.3. The Balaban J connectivity index is 3.24. The molecule has 0 bridgehead atoms. The number of hydrazone groups is 1. The van der Waals surface area contributed by atoms with Crippen molar-refractivity contribution in [2.45, 2.75) is 4.90 Å². The van der Waals surface area contributed by atoms with Gasteiger partial charge in [0.25, 0.3) is 0 Å². The molecule has 19 heavy (non-hydrogen) atoms. The Morgan fingerprint density at radius 1 is 1.26 bits per heavy atom. The zero-order chi connectivity index (χ0) is 14.6. The predicted molar refractivity (Wildman–Crippen MR) is 61.8 cm³/mol. The quantitative estimate of drug-likeness (QED) is 0.662. The molecule has 0 heterocycles. The van der Waals surface area contributed by atoms with Gasteiger partial charge in [0.1, 0.15) is 17.8 Å². The summed E-state index contributed by atoms with van der Waals surface area (Å²) in [4.78, 5) is -0.530. The normalized spacial score (nSPS) is 10.2. The molecule has 6 nitrogen and oxygen atoms in total. The average Bonchev–Trinajstić information content (AvgIpc) is 2.31. The van der Waals surface area contributed by atoms with Crippen LogP contribution < -0.4 is 5.43 Å². The van der Waals surface area contributed by atoms with Gasteiger partial charge in [0.15, 0.2) is 21.5 Å². The average molecular weight is 284 g/mol. The van der Waals surface area contributed by atoms with Crippen LogP contribution in [0.15, 0.2) is 22.1 Å². The molecular weight excluding hydrogens is 278 g/mol. The van der Waals surface area contributed by atoms with Crippen LogP contribution in [0.2, 0.25) is 0 Å². The molecule has 1 aromatic carbocycles. The molecule has 0 radical (unpaired) electrons. The number of rotatable bonds is 3. The molecule has 0 saturated carbocycles. The molecular formula is C10H6F2N4O2S. The molecule has 1 N–H and O–H groups in total. The summed E-state index contributed by atoms with van der Waals surface area (Å²) in [6.07, 6.45) is 0.802. The summed E-state index contributed by atoms with van der Waals surface area (Å²) in [5, 5.41) is 19.9. The Morgan fingerprint density at radius 2 is 1.74 bits per heavy atom. The fraction of sp³-hybridized carbons (Fsp3) is 0.100. The first-order valence-electron chi connectivity index (χ1n) is 4.62. The van der Waals surface area contributed by atoms with E-state index in [-0.39, 0.29) is 0 Å². The minimum absolute atomic E-state index is 0.530. The maximum absolute atomic E-state index is 13.5. The molecule has 0 atom stereocenters. The Morgan fingerprint density at radius 3 is 2.11 bits per heavy atom. The van der Waals surface area contributed by atoms with E-state index in [2.05, 4.69) is 5.10 Å². The van der Waals surface area contributed by atoms with Crippen LogP contribution >= 0.6 is 0 Å². The molecule has 0 saturated heterocycles. The van der Waals surface area contributed by atoms with Crippen molar-refractivity contribution in [3.8, 4) is 12.1 Å². The maximum Gasteiger partial charge on any atom is 0.237 e. The van der Waals surface area contributed by atoms with Gasteiger partial charge < -0.3 is 0 Å². The highest BCUT2D eigenvalue weighted by molar-refractivity contribution is 7.90. The SMILES string of the molecule is CS(=O)(=O)c1cc(F)c(NN=C(C#N)C#N)c(F)c1. The van der Waals surface area contributed by atoms with E-state index in [1.54, 1.807) is 0 Å². The number of nitrogens with zero attached hydrogens (tertiary/aromatic N) is 3. The Hall–Kier alpha value is -2.52. The highest BCUT2D eigenvalue weighted by atomic mass is 32.2. The number of nitrogens with one attached hydrogen (secondary N) is 1. The second-order valence-electron chi connectivity index (χ2n) is 3.33. The largest absolute Gasteiger partial charge is 0.271 e. The molecule has 98 valence electrons. The summed E-state index contributed by atoms with van der Waals surface area (Å²) < 4.78 is 49.3. The molecule has 0 spiro atoms. The lowest BCUT2D eigenvalue weighted by Crippen LogP contribution is -2.04. The number of hydrogen-bond donors (Lipinski definition) is 1. The van der Waals surface area contributed by atoms with E-state index in [1.807, 2.05) is 5.43 Å². The summed E-state index contributed by atoms with van der Waals surface area (Å²) in [7, 11) is -3.75. The third kappa shape index (κ3) is 3.47. The predicted octanol–water partition coefficient (Wildman–Crippen LogP) is 1.18. The molecule has 0 aromatic heterocycles. The summed E-state index contributed by atoms with van der Waals surface area (Å²) in [5.74, 6) is -2.42. The van der Waals surface area contributed by atoms with Crippen LogP contribution in [-0.2, 0) is 9.84 Å². The van der Waals surface area contributed by atoms with Gasteiger partial charge in [0.2, 0.25) is 5.71 Å². The molecule has 0 aliphatic rings. The van der Waals surface area contributed by atoms with Gasteiger partial charge in [-0.2, -0.15) is 15.6 Å². The van der Waals surface area contributed by atoms with Crippen molar-refractivity contribution in [3.05, 3.63) is 23.8 Å². The van der Waals surface area contributed by atoms with Crippen LogP contribution in [0.4, 0.5) is 14.5 Å². The lowest BCUT2D eigenvalue weighted by molar-refractivity contribution is 0.573. The van der Waals surface area contributed by atoms with Crippen LogP contribution in [0, 0.1) is 34.3 Å². The standard InChI is InChI=1S/C10H6F2N4O2S/c1-19(17,18)7-2-8(11)10(9(12)3-7)16-15-6(4-13)5-14/h2-3,16H,1H3. The highest BCUT2D eigenvalue weighted by Gasteiger charge is 2.16. The third-order valence-corrected chi connectivity index (χ3v) is 3.03. The first kappa shape index (κ1) is 14.5. The van der Waals surface area contributed by atoms with Gasteiger partial charge in [0.05, 0.1) is 4.90 Å². The topological polar surface area (TPSA) is 106 Å². The lowest BCUT2D eigenvalue weighted by Gasteiger charge is -2.06. The summed E-state index contributed by atoms with van der Waals surface area (Å²) >= 11 is 0. The maximum atomic E-state index is 13.5.